The molecule has 21 heavy (non-hydrogen) atoms. The van der Waals surface area contributed by atoms with Crippen LogP contribution in [0.2, 0.25) is 5.15 Å². The molecule has 4 nitrogen and oxygen atoms in total. The first-order chi connectivity index (χ1) is 10.1. The van der Waals surface area contributed by atoms with Gasteiger partial charge >= 0.3 is 0 Å². The average molecular weight is 303 g/mol. The summed E-state index contributed by atoms with van der Waals surface area (Å²) in [5.41, 5.74) is 1.65. The van der Waals surface area contributed by atoms with Gasteiger partial charge in [-0.3, -0.25) is 4.68 Å². The summed E-state index contributed by atoms with van der Waals surface area (Å²) < 4.78 is 7.33. The third-order valence-corrected chi connectivity index (χ3v) is 3.94. The number of hydrogen-bond donors (Lipinski definition) is 1. The van der Waals surface area contributed by atoms with Crippen LogP contribution in [0.25, 0.3) is 10.8 Å². The van der Waals surface area contributed by atoms with Gasteiger partial charge in [0.1, 0.15) is 11.8 Å². The molecule has 0 unspecified atom stereocenters. The van der Waals surface area contributed by atoms with E-state index in [2.05, 4.69) is 5.10 Å². The van der Waals surface area contributed by atoms with Gasteiger partial charge in [-0.1, -0.05) is 35.9 Å². The Bertz CT molecular complexity index is 811. The molecular weight excluding hydrogens is 288 g/mol. The Morgan fingerprint density at radius 2 is 1.90 bits per heavy atom. The van der Waals surface area contributed by atoms with Crippen molar-refractivity contribution in [2.45, 2.75) is 13.5 Å². The summed E-state index contributed by atoms with van der Waals surface area (Å²) in [5, 5.41) is 16.8. The standard InChI is InChI=1S/C16H15ClN2O2/c1-10-13(16(17)19(2)18-10)9-21-15-8-12-6-4-3-5-11(12)7-14(15)20/h3-8,20H,9H2,1-2H3. The van der Waals surface area contributed by atoms with E-state index in [-0.39, 0.29) is 12.4 Å². The van der Waals surface area contributed by atoms with Crippen molar-refractivity contribution in [3.05, 3.63) is 52.8 Å². The fraction of sp³-hybridized carbons (Fsp3) is 0.188. The number of rotatable bonds is 3. The number of hydrogen-bond acceptors (Lipinski definition) is 3. The van der Waals surface area contributed by atoms with Gasteiger partial charge in [0.05, 0.1) is 5.69 Å². The maximum Gasteiger partial charge on any atom is 0.162 e. The lowest BCUT2D eigenvalue weighted by Crippen LogP contribution is -1.97. The second-order valence-corrected chi connectivity index (χ2v) is 5.29. The third kappa shape index (κ3) is 2.54. The zero-order valence-corrected chi connectivity index (χ0v) is 12.6. The minimum Gasteiger partial charge on any atom is -0.504 e. The lowest BCUT2D eigenvalue weighted by Gasteiger charge is -2.09. The monoisotopic (exact) mass is 302 g/mol. The molecule has 3 aromatic rings. The van der Waals surface area contributed by atoms with Crippen molar-refractivity contribution in [1.82, 2.24) is 9.78 Å². The van der Waals surface area contributed by atoms with E-state index in [1.807, 2.05) is 37.3 Å². The molecule has 0 radical (unpaired) electrons. The van der Waals surface area contributed by atoms with Crippen molar-refractivity contribution in [2.75, 3.05) is 0 Å². The maximum absolute atomic E-state index is 10.1. The lowest BCUT2D eigenvalue weighted by atomic mass is 10.1. The number of halogens is 1. The highest BCUT2D eigenvalue weighted by atomic mass is 35.5. The van der Waals surface area contributed by atoms with E-state index in [9.17, 15) is 5.11 Å². The fourth-order valence-electron chi connectivity index (χ4n) is 2.31. The quantitative estimate of drug-likeness (QED) is 0.800. The number of nitrogens with zero attached hydrogens (tertiary/aromatic N) is 2. The molecule has 1 N–H and O–H groups in total. The van der Waals surface area contributed by atoms with Crippen LogP contribution in [0.15, 0.2) is 36.4 Å². The second kappa shape index (κ2) is 5.30. The Balaban J connectivity index is 1.89. The summed E-state index contributed by atoms with van der Waals surface area (Å²) in [6.07, 6.45) is 0. The van der Waals surface area contributed by atoms with Gasteiger partial charge < -0.3 is 9.84 Å². The number of aromatic nitrogens is 2. The predicted molar refractivity (Wildman–Crippen MR) is 82.9 cm³/mol. The van der Waals surface area contributed by atoms with Gasteiger partial charge in [0.15, 0.2) is 11.5 Å². The number of phenolic OH excluding ortho intramolecular Hbond substituents is 1. The zero-order valence-electron chi connectivity index (χ0n) is 11.8. The normalized spacial score (nSPS) is 11.0. The van der Waals surface area contributed by atoms with Crippen LogP contribution in [0.5, 0.6) is 11.5 Å². The van der Waals surface area contributed by atoms with Crippen LogP contribution in [0, 0.1) is 6.92 Å². The number of benzene rings is 2. The number of fused-ring (bicyclic) bond motifs is 1. The molecule has 0 aliphatic heterocycles. The van der Waals surface area contributed by atoms with E-state index in [0.29, 0.717) is 10.9 Å². The highest BCUT2D eigenvalue weighted by molar-refractivity contribution is 6.30. The Hall–Kier alpha value is -2.20. The molecule has 0 aliphatic rings. The van der Waals surface area contributed by atoms with Gasteiger partial charge in [-0.25, -0.2) is 0 Å². The van der Waals surface area contributed by atoms with Gasteiger partial charge in [-0.2, -0.15) is 5.10 Å². The Morgan fingerprint density at radius 1 is 1.24 bits per heavy atom. The SMILES string of the molecule is Cc1nn(C)c(Cl)c1COc1cc2ccccc2cc1O. The molecule has 0 spiro atoms. The van der Waals surface area contributed by atoms with Gasteiger partial charge in [-0.15, -0.1) is 0 Å². The van der Waals surface area contributed by atoms with E-state index < -0.39 is 0 Å². The number of aryl methyl sites for hydroxylation is 2. The maximum atomic E-state index is 10.1. The topological polar surface area (TPSA) is 47.3 Å². The predicted octanol–water partition coefficient (Wildman–Crippen LogP) is 3.82. The van der Waals surface area contributed by atoms with Crippen LogP contribution in [0.4, 0.5) is 0 Å². The van der Waals surface area contributed by atoms with Crippen LogP contribution in [-0.2, 0) is 13.7 Å². The van der Waals surface area contributed by atoms with Crippen molar-refractivity contribution < 1.29 is 9.84 Å². The van der Waals surface area contributed by atoms with Crippen LogP contribution >= 0.6 is 11.6 Å². The average Bonchev–Trinajstić information content (AvgIpc) is 2.70. The molecule has 5 heteroatoms. The van der Waals surface area contributed by atoms with Crippen LogP contribution in [0.3, 0.4) is 0 Å². The Morgan fingerprint density at radius 3 is 2.52 bits per heavy atom. The summed E-state index contributed by atoms with van der Waals surface area (Å²) >= 11 is 6.17. The van der Waals surface area contributed by atoms with Crippen molar-refractivity contribution in [3.8, 4) is 11.5 Å². The largest absolute Gasteiger partial charge is 0.504 e. The molecule has 0 bridgehead atoms. The van der Waals surface area contributed by atoms with Gasteiger partial charge in [-0.05, 0) is 29.8 Å². The first-order valence-electron chi connectivity index (χ1n) is 6.59. The van der Waals surface area contributed by atoms with Crippen LogP contribution < -0.4 is 4.74 Å². The Kier molecular flexibility index (Phi) is 3.47. The number of aromatic hydroxyl groups is 1. The molecule has 3 rings (SSSR count). The van der Waals surface area contributed by atoms with Gasteiger partial charge in [0.2, 0.25) is 0 Å². The van der Waals surface area contributed by atoms with Gasteiger partial charge in [0, 0.05) is 12.6 Å². The van der Waals surface area contributed by atoms with Crippen LogP contribution in [-0.4, -0.2) is 14.9 Å². The smallest absolute Gasteiger partial charge is 0.162 e. The molecule has 2 aromatic carbocycles. The highest BCUT2D eigenvalue weighted by Crippen LogP contribution is 2.32. The molecule has 0 saturated heterocycles. The zero-order chi connectivity index (χ0) is 15.0. The highest BCUT2D eigenvalue weighted by Gasteiger charge is 2.13. The van der Waals surface area contributed by atoms with Crippen molar-refractivity contribution in [3.63, 3.8) is 0 Å². The summed E-state index contributed by atoms with van der Waals surface area (Å²) in [4.78, 5) is 0. The molecule has 0 saturated carbocycles. The molecular formula is C16H15ClN2O2. The van der Waals surface area contributed by atoms with Crippen molar-refractivity contribution in [2.24, 2.45) is 7.05 Å². The minimum absolute atomic E-state index is 0.117. The lowest BCUT2D eigenvalue weighted by molar-refractivity contribution is 0.289. The molecule has 108 valence electrons. The molecule has 1 aromatic heterocycles. The van der Waals surface area contributed by atoms with Crippen molar-refractivity contribution >= 4 is 22.4 Å². The van der Waals surface area contributed by atoms with Gasteiger partial charge in [0.25, 0.3) is 0 Å². The van der Waals surface area contributed by atoms with E-state index >= 15 is 0 Å². The summed E-state index contributed by atoms with van der Waals surface area (Å²) in [5.74, 6) is 0.555. The third-order valence-electron chi connectivity index (χ3n) is 3.47. The van der Waals surface area contributed by atoms with E-state index in [4.69, 9.17) is 16.3 Å². The molecule has 0 atom stereocenters. The number of phenols is 1. The first kappa shape index (κ1) is 13.8. The molecule has 1 heterocycles. The fourth-order valence-corrected chi connectivity index (χ4v) is 2.54. The van der Waals surface area contributed by atoms with Crippen molar-refractivity contribution in [1.29, 1.82) is 0 Å². The molecule has 0 fully saturated rings. The summed E-state index contributed by atoms with van der Waals surface area (Å²) in [6, 6.07) is 11.3. The van der Waals surface area contributed by atoms with E-state index in [1.54, 1.807) is 17.8 Å². The molecule has 0 aliphatic carbocycles. The summed E-state index contributed by atoms with van der Waals surface area (Å²) in [7, 11) is 1.78. The second-order valence-electron chi connectivity index (χ2n) is 4.93. The first-order valence-corrected chi connectivity index (χ1v) is 6.96. The van der Waals surface area contributed by atoms with E-state index in [0.717, 1.165) is 22.0 Å². The minimum atomic E-state index is 0.117. The number of ether oxygens (including phenoxy) is 1. The summed E-state index contributed by atoms with van der Waals surface area (Å²) in [6.45, 7) is 2.15. The Labute approximate surface area is 127 Å². The van der Waals surface area contributed by atoms with E-state index in [1.165, 1.54) is 0 Å². The van der Waals surface area contributed by atoms with Crippen LogP contribution in [0.1, 0.15) is 11.3 Å². The molecule has 0 amide bonds.